The minimum atomic E-state index is -0.535. The second kappa shape index (κ2) is 9.65. The van der Waals surface area contributed by atoms with Gasteiger partial charge in [-0.15, -0.1) is 0 Å². The molecule has 0 bridgehead atoms. The topological polar surface area (TPSA) is 66.9 Å². The highest BCUT2D eigenvalue weighted by Gasteiger charge is 2.37. The SMILES string of the molecule is CCCCOc1ccc(C(=O)N(CN2C(=O)c3ccccc3C2=O)c2cccc(F)c2)cc1. The number of benzene rings is 3. The lowest BCUT2D eigenvalue weighted by molar-refractivity contribution is 0.0650. The van der Waals surface area contributed by atoms with Crippen molar-refractivity contribution in [3.8, 4) is 5.75 Å². The Bertz CT molecular complexity index is 1160. The van der Waals surface area contributed by atoms with E-state index < -0.39 is 23.5 Å². The van der Waals surface area contributed by atoms with E-state index in [1.165, 1.54) is 23.1 Å². The van der Waals surface area contributed by atoms with Gasteiger partial charge in [0.2, 0.25) is 0 Å². The van der Waals surface area contributed by atoms with Gasteiger partial charge in [-0.2, -0.15) is 0 Å². The Labute approximate surface area is 191 Å². The maximum absolute atomic E-state index is 14.0. The van der Waals surface area contributed by atoms with Crippen molar-refractivity contribution in [3.05, 3.63) is 95.3 Å². The van der Waals surface area contributed by atoms with Gasteiger partial charge in [-0.3, -0.25) is 24.2 Å². The van der Waals surface area contributed by atoms with Crippen molar-refractivity contribution in [3.63, 3.8) is 0 Å². The molecule has 0 atom stereocenters. The van der Waals surface area contributed by atoms with Gasteiger partial charge in [-0.05, 0) is 61.0 Å². The molecule has 7 heteroatoms. The van der Waals surface area contributed by atoms with Crippen LogP contribution in [0.1, 0.15) is 50.8 Å². The van der Waals surface area contributed by atoms with E-state index in [0.717, 1.165) is 17.7 Å². The Hall–Kier alpha value is -4.00. The minimum absolute atomic E-state index is 0.236. The number of hydrogen-bond acceptors (Lipinski definition) is 4. The number of rotatable bonds is 8. The van der Waals surface area contributed by atoms with Crippen LogP contribution in [0.15, 0.2) is 72.8 Å². The number of imide groups is 1. The first kappa shape index (κ1) is 22.2. The van der Waals surface area contributed by atoms with Crippen LogP contribution in [0.5, 0.6) is 5.75 Å². The minimum Gasteiger partial charge on any atom is -0.494 e. The summed E-state index contributed by atoms with van der Waals surface area (Å²) < 4.78 is 19.6. The Morgan fingerprint density at radius 3 is 2.21 bits per heavy atom. The fourth-order valence-electron chi connectivity index (χ4n) is 3.60. The zero-order chi connectivity index (χ0) is 23.4. The highest BCUT2D eigenvalue weighted by atomic mass is 19.1. The Kier molecular flexibility index (Phi) is 6.49. The summed E-state index contributed by atoms with van der Waals surface area (Å²) in [5, 5.41) is 0. The monoisotopic (exact) mass is 446 g/mol. The number of unbranched alkanes of at least 4 members (excludes halogenated alkanes) is 1. The number of amides is 3. The molecule has 33 heavy (non-hydrogen) atoms. The molecule has 0 saturated carbocycles. The third-order valence-corrected chi connectivity index (χ3v) is 5.39. The Morgan fingerprint density at radius 2 is 1.61 bits per heavy atom. The lowest BCUT2D eigenvalue weighted by Crippen LogP contribution is -2.44. The van der Waals surface area contributed by atoms with Crippen LogP contribution in [0.25, 0.3) is 0 Å². The summed E-state index contributed by atoms with van der Waals surface area (Å²) >= 11 is 0. The molecule has 0 spiro atoms. The number of hydrogen-bond donors (Lipinski definition) is 0. The van der Waals surface area contributed by atoms with Crippen molar-refractivity contribution in [2.45, 2.75) is 19.8 Å². The lowest BCUT2D eigenvalue weighted by Gasteiger charge is -2.27. The number of carbonyl (C=O) groups excluding carboxylic acids is 3. The van der Waals surface area contributed by atoms with Crippen molar-refractivity contribution in [1.29, 1.82) is 0 Å². The smallest absolute Gasteiger partial charge is 0.263 e. The molecule has 3 aromatic carbocycles. The molecule has 3 amide bonds. The van der Waals surface area contributed by atoms with Gasteiger partial charge in [0, 0.05) is 11.3 Å². The fourth-order valence-corrected chi connectivity index (χ4v) is 3.60. The van der Waals surface area contributed by atoms with E-state index in [4.69, 9.17) is 4.74 Å². The van der Waals surface area contributed by atoms with E-state index in [0.29, 0.717) is 17.9 Å². The maximum Gasteiger partial charge on any atom is 0.263 e. The summed E-state index contributed by atoms with van der Waals surface area (Å²) in [6, 6.07) is 18.6. The van der Waals surface area contributed by atoms with Crippen LogP contribution in [0.4, 0.5) is 10.1 Å². The van der Waals surface area contributed by atoms with Crippen molar-refractivity contribution < 1.29 is 23.5 Å². The number of halogens is 1. The quantitative estimate of drug-likeness (QED) is 0.364. The van der Waals surface area contributed by atoms with E-state index in [-0.39, 0.29) is 23.5 Å². The molecule has 3 aromatic rings. The molecule has 1 heterocycles. The van der Waals surface area contributed by atoms with Crippen LogP contribution in [0.3, 0.4) is 0 Å². The molecular formula is C26H23FN2O4. The predicted octanol–water partition coefficient (Wildman–Crippen LogP) is 4.91. The molecule has 4 rings (SSSR count). The maximum atomic E-state index is 14.0. The number of ether oxygens (including phenoxy) is 1. The summed E-state index contributed by atoms with van der Waals surface area (Å²) in [5.41, 5.74) is 1.11. The normalized spacial score (nSPS) is 12.6. The van der Waals surface area contributed by atoms with E-state index in [2.05, 4.69) is 6.92 Å². The first-order chi connectivity index (χ1) is 16.0. The molecule has 0 aliphatic carbocycles. The first-order valence-corrected chi connectivity index (χ1v) is 10.7. The van der Waals surface area contributed by atoms with Gasteiger partial charge in [0.15, 0.2) is 0 Å². The molecule has 0 saturated heterocycles. The van der Waals surface area contributed by atoms with Crippen molar-refractivity contribution in [1.82, 2.24) is 4.90 Å². The highest BCUT2D eigenvalue weighted by Crippen LogP contribution is 2.26. The van der Waals surface area contributed by atoms with E-state index in [9.17, 15) is 18.8 Å². The van der Waals surface area contributed by atoms with Gasteiger partial charge in [0.25, 0.3) is 17.7 Å². The summed E-state index contributed by atoms with van der Waals surface area (Å²) in [4.78, 5) is 41.3. The van der Waals surface area contributed by atoms with Crippen LogP contribution in [-0.2, 0) is 0 Å². The highest BCUT2D eigenvalue weighted by molar-refractivity contribution is 6.22. The number of nitrogens with zero attached hydrogens (tertiary/aromatic N) is 2. The summed E-state index contributed by atoms with van der Waals surface area (Å²) in [7, 11) is 0. The Morgan fingerprint density at radius 1 is 0.939 bits per heavy atom. The van der Waals surface area contributed by atoms with Crippen molar-refractivity contribution in [2.75, 3.05) is 18.2 Å². The van der Waals surface area contributed by atoms with E-state index in [1.807, 2.05) is 0 Å². The molecule has 1 aliphatic heterocycles. The summed E-state index contributed by atoms with van der Waals surface area (Å²) in [5.74, 6) is -1.36. The zero-order valence-electron chi connectivity index (χ0n) is 18.2. The standard InChI is InChI=1S/C26H23FN2O4/c1-2-3-15-33-21-13-11-18(12-14-21)24(30)28(20-8-6-7-19(27)16-20)17-29-25(31)22-9-4-5-10-23(22)26(29)32/h4-14,16H,2-3,15,17H2,1H3. The average molecular weight is 446 g/mol. The van der Waals surface area contributed by atoms with Crippen molar-refractivity contribution >= 4 is 23.4 Å². The van der Waals surface area contributed by atoms with Gasteiger partial charge in [-0.1, -0.05) is 31.5 Å². The van der Waals surface area contributed by atoms with Gasteiger partial charge < -0.3 is 4.74 Å². The van der Waals surface area contributed by atoms with E-state index in [1.54, 1.807) is 54.6 Å². The molecule has 0 N–H and O–H groups in total. The van der Waals surface area contributed by atoms with Crippen LogP contribution in [0, 0.1) is 5.82 Å². The number of fused-ring (bicyclic) bond motifs is 1. The first-order valence-electron chi connectivity index (χ1n) is 10.7. The van der Waals surface area contributed by atoms with Crippen LogP contribution in [0.2, 0.25) is 0 Å². The van der Waals surface area contributed by atoms with Gasteiger partial charge in [0.1, 0.15) is 18.2 Å². The second-order valence-corrected chi connectivity index (χ2v) is 7.66. The Balaban J connectivity index is 1.62. The molecule has 168 valence electrons. The lowest BCUT2D eigenvalue weighted by atomic mass is 10.1. The molecule has 6 nitrogen and oxygen atoms in total. The van der Waals surface area contributed by atoms with Crippen LogP contribution in [-0.4, -0.2) is 35.9 Å². The average Bonchev–Trinajstić information content (AvgIpc) is 3.07. The fraction of sp³-hybridized carbons (Fsp3) is 0.192. The molecule has 0 fully saturated rings. The summed E-state index contributed by atoms with van der Waals surface area (Å²) in [6.07, 6.45) is 1.94. The van der Waals surface area contributed by atoms with E-state index >= 15 is 0 Å². The van der Waals surface area contributed by atoms with Gasteiger partial charge in [-0.25, -0.2) is 4.39 Å². The zero-order valence-corrected chi connectivity index (χ0v) is 18.2. The predicted molar refractivity (Wildman–Crippen MR) is 122 cm³/mol. The molecule has 1 aliphatic rings. The largest absolute Gasteiger partial charge is 0.494 e. The third-order valence-electron chi connectivity index (χ3n) is 5.39. The molecule has 0 aromatic heterocycles. The molecule has 0 unspecified atom stereocenters. The second-order valence-electron chi connectivity index (χ2n) is 7.66. The summed E-state index contributed by atoms with van der Waals surface area (Å²) in [6.45, 7) is 2.31. The molecular weight excluding hydrogens is 423 g/mol. The number of anilines is 1. The van der Waals surface area contributed by atoms with Crippen LogP contribution < -0.4 is 9.64 Å². The molecule has 0 radical (unpaired) electrons. The van der Waals surface area contributed by atoms with Crippen LogP contribution >= 0.6 is 0 Å². The van der Waals surface area contributed by atoms with Crippen molar-refractivity contribution in [2.24, 2.45) is 0 Å². The van der Waals surface area contributed by atoms with Gasteiger partial charge in [0.05, 0.1) is 17.7 Å². The van der Waals surface area contributed by atoms with Gasteiger partial charge >= 0.3 is 0 Å². The number of carbonyl (C=O) groups is 3. The third kappa shape index (κ3) is 4.62.